The van der Waals surface area contributed by atoms with Gasteiger partial charge in [-0.25, -0.2) is 4.79 Å². The first-order valence-electron chi connectivity index (χ1n) is 14.6. The molecule has 0 radical (unpaired) electrons. The van der Waals surface area contributed by atoms with Gasteiger partial charge in [0.25, 0.3) is 0 Å². The van der Waals surface area contributed by atoms with Crippen LogP contribution in [-0.4, -0.2) is 23.7 Å². The first kappa shape index (κ1) is 31.8. The quantitative estimate of drug-likeness (QED) is 0.133. The maximum absolute atomic E-state index is 13.3. The Balaban J connectivity index is 1.75. The Morgan fingerprint density at radius 3 is 1.97 bits per heavy atom. The maximum atomic E-state index is 13.3. The smallest absolute Gasteiger partial charge is 0.391 e. The number of alkyl halides is 3. The molecule has 6 heteroatoms. The Kier molecular flexibility index (Phi) is 15.1. The van der Waals surface area contributed by atoms with Gasteiger partial charge in [-0.05, 0) is 49.4 Å². The lowest BCUT2D eigenvalue weighted by molar-refractivity contribution is -0.180. The molecule has 0 bridgehead atoms. The number of pyridine rings is 1. The van der Waals surface area contributed by atoms with E-state index in [1.54, 1.807) is 24.3 Å². The molecule has 0 amide bonds. The van der Waals surface area contributed by atoms with Crippen LogP contribution in [0, 0.1) is 5.92 Å². The van der Waals surface area contributed by atoms with Crippen LogP contribution in [0.15, 0.2) is 42.6 Å². The highest BCUT2D eigenvalue weighted by molar-refractivity contribution is 5.90. The molecule has 212 valence electrons. The molecule has 1 aromatic carbocycles. The van der Waals surface area contributed by atoms with Gasteiger partial charge < -0.3 is 4.74 Å². The van der Waals surface area contributed by atoms with Crippen LogP contribution in [0.5, 0.6) is 0 Å². The number of benzene rings is 1. The Bertz CT molecular complexity index is 894. The van der Waals surface area contributed by atoms with Gasteiger partial charge in [-0.3, -0.25) is 4.98 Å². The molecule has 1 heterocycles. The Morgan fingerprint density at radius 1 is 0.789 bits per heavy atom. The van der Waals surface area contributed by atoms with E-state index in [0.29, 0.717) is 12.0 Å². The number of aromatic nitrogens is 1. The number of carbonyl (C=O) groups excluding carboxylic acids is 1. The summed E-state index contributed by atoms with van der Waals surface area (Å²) in [6, 6.07) is 11.0. The van der Waals surface area contributed by atoms with Crippen molar-refractivity contribution in [3.63, 3.8) is 0 Å². The second-order valence-corrected chi connectivity index (χ2v) is 10.4. The maximum Gasteiger partial charge on any atom is 0.391 e. The average molecular weight is 534 g/mol. The molecule has 1 unspecified atom stereocenters. The molecule has 3 nitrogen and oxygen atoms in total. The van der Waals surface area contributed by atoms with E-state index < -0.39 is 18.1 Å². The van der Waals surface area contributed by atoms with E-state index in [0.717, 1.165) is 36.9 Å². The van der Waals surface area contributed by atoms with Crippen molar-refractivity contribution in [2.24, 2.45) is 5.92 Å². The van der Waals surface area contributed by atoms with Crippen LogP contribution in [0.3, 0.4) is 0 Å². The number of halogens is 3. The second-order valence-electron chi connectivity index (χ2n) is 10.4. The van der Waals surface area contributed by atoms with E-state index in [1.165, 1.54) is 56.9 Å². The van der Waals surface area contributed by atoms with Crippen molar-refractivity contribution >= 4 is 5.97 Å². The lowest BCUT2D eigenvalue weighted by Crippen LogP contribution is -2.25. The molecule has 38 heavy (non-hydrogen) atoms. The fourth-order valence-corrected chi connectivity index (χ4v) is 4.65. The molecule has 0 N–H and O–H groups in total. The fourth-order valence-electron chi connectivity index (χ4n) is 4.65. The number of hydrogen-bond acceptors (Lipinski definition) is 3. The van der Waals surface area contributed by atoms with E-state index in [4.69, 9.17) is 4.74 Å². The van der Waals surface area contributed by atoms with Crippen molar-refractivity contribution in [1.82, 2.24) is 4.98 Å². The molecular weight excluding hydrogens is 487 g/mol. The number of esters is 1. The third-order valence-corrected chi connectivity index (χ3v) is 7.13. The van der Waals surface area contributed by atoms with E-state index in [9.17, 15) is 18.0 Å². The Morgan fingerprint density at radius 2 is 1.39 bits per heavy atom. The molecule has 0 aliphatic carbocycles. The molecular formula is C32H46F3NO2. The zero-order valence-corrected chi connectivity index (χ0v) is 23.3. The number of carbonyl (C=O) groups is 1. The van der Waals surface area contributed by atoms with E-state index in [-0.39, 0.29) is 19.4 Å². The Hall–Kier alpha value is -2.37. The minimum atomic E-state index is -4.27. The van der Waals surface area contributed by atoms with Crippen molar-refractivity contribution in [1.29, 1.82) is 0 Å². The summed E-state index contributed by atoms with van der Waals surface area (Å²) >= 11 is 0. The van der Waals surface area contributed by atoms with Gasteiger partial charge in [0, 0.05) is 11.8 Å². The highest BCUT2D eigenvalue weighted by atomic mass is 19.4. The number of unbranched alkanes of at least 4 members (excludes halogenated alkanes) is 10. The molecule has 0 spiro atoms. The standard InChI is InChI=1S/C32H46F3NO2/c1-3-5-7-9-10-11-12-13-15-26-17-22-30(36-25-26)27-18-20-28(21-19-27)31(37)38-24-23-29(32(33,34)35)16-14-8-6-4-2/h17-22,25,29H,3-16,23-24H2,1-2H3. The zero-order chi connectivity index (χ0) is 27.6. The summed E-state index contributed by atoms with van der Waals surface area (Å²) in [5, 5.41) is 0. The van der Waals surface area contributed by atoms with Gasteiger partial charge in [0.05, 0.1) is 23.8 Å². The van der Waals surface area contributed by atoms with Crippen LogP contribution in [0.4, 0.5) is 13.2 Å². The van der Waals surface area contributed by atoms with Crippen molar-refractivity contribution in [3.8, 4) is 11.3 Å². The molecule has 1 aromatic heterocycles. The minimum absolute atomic E-state index is 0.0840. The summed E-state index contributed by atoms with van der Waals surface area (Å²) in [4.78, 5) is 16.9. The van der Waals surface area contributed by atoms with Crippen LogP contribution < -0.4 is 0 Å². The highest BCUT2D eigenvalue weighted by Gasteiger charge is 2.38. The van der Waals surface area contributed by atoms with Crippen LogP contribution in [0.1, 0.15) is 120 Å². The third kappa shape index (κ3) is 12.4. The number of aryl methyl sites for hydroxylation is 1. The van der Waals surface area contributed by atoms with E-state index in [2.05, 4.69) is 18.0 Å². The van der Waals surface area contributed by atoms with E-state index >= 15 is 0 Å². The minimum Gasteiger partial charge on any atom is -0.462 e. The van der Waals surface area contributed by atoms with Gasteiger partial charge in [-0.1, -0.05) is 103 Å². The first-order chi connectivity index (χ1) is 18.3. The molecule has 0 fully saturated rings. The summed E-state index contributed by atoms with van der Waals surface area (Å²) in [7, 11) is 0. The van der Waals surface area contributed by atoms with Crippen LogP contribution in [0.25, 0.3) is 11.3 Å². The fraction of sp³-hybridized carbons (Fsp3) is 0.625. The molecule has 0 aliphatic rings. The van der Waals surface area contributed by atoms with Gasteiger partial charge in [0.15, 0.2) is 0 Å². The summed E-state index contributed by atoms with van der Waals surface area (Å²) < 4.78 is 45.1. The monoisotopic (exact) mass is 533 g/mol. The van der Waals surface area contributed by atoms with Gasteiger partial charge in [0.2, 0.25) is 0 Å². The summed E-state index contributed by atoms with van der Waals surface area (Å²) in [5.74, 6) is -2.03. The van der Waals surface area contributed by atoms with Crippen molar-refractivity contribution in [2.45, 2.75) is 116 Å². The summed E-state index contributed by atoms with van der Waals surface area (Å²) in [6.07, 6.45) is 12.2. The lowest BCUT2D eigenvalue weighted by Gasteiger charge is -2.20. The number of nitrogens with zero attached hydrogens (tertiary/aromatic N) is 1. The third-order valence-electron chi connectivity index (χ3n) is 7.13. The predicted octanol–water partition coefficient (Wildman–Crippen LogP) is 10.1. The number of hydrogen-bond donors (Lipinski definition) is 0. The lowest BCUT2D eigenvalue weighted by atomic mass is 9.97. The van der Waals surface area contributed by atoms with Gasteiger partial charge >= 0.3 is 12.1 Å². The largest absolute Gasteiger partial charge is 0.462 e. The van der Waals surface area contributed by atoms with Crippen LogP contribution >= 0.6 is 0 Å². The van der Waals surface area contributed by atoms with Crippen LogP contribution in [-0.2, 0) is 11.2 Å². The highest BCUT2D eigenvalue weighted by Crippen LogP contribution is 2.33. The number of rotatable bonds is 19. The summed E-state index contributed by atoms with van der Waals surface area (Å²) in [6.45, 7) is 4.03. The van der Waals surface area contributed by atoms with E-state index in [1.807, 2.05) is 19.2 Å². The normalized spacial score (nSPS) is 12.4. The molecule has 0 aliphatic heterocycles. The average Bonchev–Trinajstić information content (AvgIpc) is 2.91. The SMILES string of the molecule is CCCCCCCCCCc1ccc(-c2ccc(C(=O)OCCC(CCCCCC)C(F)(F)F)cc2)nc1. The predicted molar refractivity (Wildman–Crippen MR) is 149 cm³/mol. The molecule has 1 atom stereocenters. The second kappa shape index (κ2) is 18.0. The molecule has 2 aromatic rings. The van der Waals surface area contributed by atoms with Gasteiger partial charge in [-0.15, -0.1) is 0 Å². The topological polar surface area (TPSA) is 39.2 Å². The molecule has 2 rings (SSSR count). The molecule has 0 saturated carbocycles. The van der Waals surface area contributed by atoms with Crippen LogP contribution in [0.2, 0.25) is 0 Å². The van der Waals surface area contributed by atoms with Crippen molar-refractivity contribution in [3.05, 3.63) is 53.7 Å². The van der Waals surface area contributed by atoms with Crippen molar-refractivity contribution < 1.29 is 22.7 Å². The first-order valence-corrected chi connectivity index (χ1v) is 14.6. The van der Waals surface area contributed by atoms with Crippen molar-refractivity contribution in [2.75, 3.05) is 6.61 Å². The zero-order valence-electron chi connectivity index (χ0n) is 23.3. The number of ether oxygens (including phenoxy) is 1. The summed E-state index contributed by atoms with van der Waals surface area (Å²) in [5.41, 5.74) is 3.25. The Labute approximate surface area is 227 Å². The van der Waals surface area contributed by atoms with Gasteiger partial charge in [0.1, 0.15) is 0 Å². The molecule has 0 saturated heterocycles. The van der Waals surface area contributed by atoms with Gasteiger partial charge in [-0.2, -0.15) is 13.2 Å².